The van der Waals surface area contributed by atoms with Crippen molar-refractivity contribution in [1.29, 1.82) is 0 Å². The third kappa shape index (κ3) is 3.16. The Bertz CT molecular complexity index is 479. The molecule has 1 aliphatic rings. The summed E-state index contributed by atoms with van der Waals surface area (Å²) in [7, 11) is 0. The first kappa shape index (κ1) is 14.5. The summed E-state index contributed by atoms with van der Waals surface area (Å²) in [5.74, 6) is 0.666. The molecule has 0 radical (unpaired) electrons. The maximum absolute atomic E-state index is 9.34. The van der Waals surface area contributed by atoms with Gasteiger partial charge in [0.25, 0.3) is 0 Å². The van der Waals surface area contributed by atoms with E-state index in [1.165, 1.54) is 0 Å². The molecule has 0 aliphatic carbocycles. The molecule has 1 unspecified atom stereocenters. The van der Waals surface area contributed by atoms with Gasteiger partial charge in [0, 0.05) is 13.1 Å². The van der Waals surface area contributed by atoms with Gasteiger partial charge >= 0.3 is 0 Å². The molecule has 106 valence electrons. The van der Waals surface area contributed by atoms with E-state index in [2.05, 4.69) is 9.97 Å². The lowest BCUT2D eigenvalue weighted by Crippen LogP contribution is -2.54. The molecule has 0 amide bonds. The third-order valence-corrected chi connectivity index (χ3v) is 3.49. The maximum atomic E-state index is 9.34. The van der Waals surface area contributed by atoms with Crippen LogP contribution < -0.4 is 4.90 Å². The Balaban J connectivity index is 2.33. The normalized spacial score (nSPS) is 22.6. The Labute approximate surface area is 118 Å². The lowest BCUT2D eigenvalue weighted by molar-refractivity contribution is -0.101. The standard InChI is InChI=1S/C13H20ClN3O2/c1-8-9(2)16-12(11(14)15-8)17-5-10(6-18)19-13(3,4)7-17/h10,18H,5-7H2,1-4H3. The van der Waals surface area contributed by atoms with Gasteiger partial charge in [0.1, 0.15) is 0 Å². The summed E-state index contributed by atoms with van der Waals surface area (Å²) >= 11 is 6.20. The van der Waals surface area contributed by atoms with E-state index in [1.807, 2.05) is 32.6 Å². The van der Waals surface area contributed by atoms with Crippen molar-refractivity contribution in [1.82, 2.24) is 9.97 Å². The second-order valence-corrected chi connectivity index (χ2v) is 5.93. The molecule has 1 fully saturated rings. The van der Waals surface area contributed by atoms with Gasteiger partial charge in [0.05, 0.1) is 29.7 Å². The highest BCUT2D eigenvalue weighted by molar-refractivity contribution is 6.31. The van der Waals surface area contributed by atoms with E-state index >= 15 is 0 Å². The van der Waals surface area contributed by atoms with Crippen molar-refractivity contribution in [3.8, 4) is 0 Å². The SMILES string of the molecule is Cc1nc(Cl)c(N2CC(CO)OC(C)(C)C2)nc1C. The average Bonchev–Trinajstić information content (AvgIpc) is 2.31. The highest BCUT2D eigenvalue weighted by Gasteiger charge is 2.34. The lowest BCUT2D eigenvalue weighted by Gasteiger charge is -2.43. The van der Waals surface area contributed by atoms with Gasteiger partial charge in [-0.05, 0) is 27.7 Å². The summed E-state index contributed by atoms with van der Waals surface area (Å²) in [5, 5.41) is 9.74. The average molecular weight is 286 g/mol. The second-order valence-electron chi connectivity index (χ2n) is 5.57. The number of nitrogens with zero attached hydrogens (tertiary/aromatic N) is 3. The molecular formula is C13H20ClN3O2. The minimum absolute atomic E-state index is 0.0180. The van der Waals surface area contributed by atoms with Gasteiger partial charge in [0.15, 0.2) is 11.0 Å². The fraction of sp³-hybridized carbons (Fsp3) is 0.692. The Morgan fingerprint density at radius 1 is 1.37 bits per heavy atom. The van der Waals surface area contributed by atoms with Crippen LogP contribution in [0.15, 0.2) is 0 Å². The first-order valence-corrected chi connectivity index (χ1v) is 6.74. The van der Waals surface area contributed by atoms with E-state index in [1.54, 1.807) is 0 Å². The van der Waals surface area contributed by atoms with Crippen LogP contribution in [0.25, 0.3) is 0 Å². The lowest BCUT2D eigenvalue weighted by atomic mass is 10.1. The fourth-order valence-electron chi connectivity index (χ4n) is 2.32. The monoisotopic (exact) mass is 285 g/mol. The number of halogens is 1. The first-order chi connectivity index (χ1) is 8.82. The highest BCUT2D eigenvalue weighted by Crippen LogP contribution is 2.29. The van der Waals surface area contributed by atoms with Crippen molar-refractivity contribution in [2.45, 2.75) is 39.4 Å². The number of hydrogen-bond acceptors (Lipinski definition) is 5. The zero-order valence-corrected chi connectivity index (χ0v) is 12.5. The molecule has 1 N–H and O–H groups in total. The Morgan fingerprint density at radius 3 is 2.63 bits per heavy atom. The second kappa shape index (κ2) is 5.23. The molecule has 0 saturated carbocycles. The first-order valence-electron chi connectivity index (χ1n) is 6.37. The van der Waals surface area contributed by atoms with Gasteiger partial charge in [-0.3, -0.25) is 0 Å². The van der Waals surface area contributed by atoms with E-state index in [4.69, 9.17) is 16.3 Å². The zero-order chi connectivity index (χ0) is 14.2. The molecule has 0 aromatic carbocycles. The van der Waals surface area contributed by atoms with Crippen LogP contribution in [-0.4, -0.2) is 46.5 Å². The zero-order valence-electron chi connectivity index (χ0n) is 11.8. The van der Waals surface area contributed by atoms with Crippen LogP contribution in [0, 0.1) is 13.8 Å². The summed E-state index contributed by atoms with van der Waals surface area (Å²) < 4.78 is 5.79. The Kier molecular flexibility index (Phi) is 3.99. The number of aryl methyl sites for hydroxylation is 2. The molecular weight excluding hydrogens is 266 g/mol. The van der Waals surface area contributed by atoms with Crippen molar-refractivity contribution in [2.24, 2.45) is 0 Å². The predicted molar refractivity (Wildman–Crippen MR) is 74.8 cm³/mol. The number of anilines is 1. The largest absolute Gasteiger partial charge is 0.394 e. The van der Waals surface area contributed by atoms with Gasteiger partial charge in [-0.2, -0.15) is 0 Å². The topological polar surface area (TPSA) is 58.5 Å². The van der Waals surface area contributed by atoms with Gasteiger partial charge < -0.3 is 14.7 Å². The number of rotatable bonds is 2. The van der Waals surface area contributed by atoms with Crippen LogP contribution in [0.5, 0.6) is 0 Å². The van der Waals surface area contributed by atoms with Crippen LogP contribution in [0.1, 0.15) is 25.2 Å². The van der Waals surface area contributed by atoms with E-state index < -0.39 is 0 Å². The number of hydrogen-bond donors (Lipinski definition) is 1. The van der Waals surface area contributed by atoms with Gasteiger partial charge in [0.2, 0.25) is 0 Å². The van der Waals surface area contributed by atoms with Crippen molar-refractivity contribution >= 4 is 17.4 Å². The van der Waals surface area contributed by atoms with E-state index in [-0.39, 0.29) is 18.3 Å². The fourth-order valence-corrected chi connectivity index (χ4v) is 2.61. The van der Waals surface area contributed by atoms with Gasteiger partial charge in [-0.25, -0.2) is 9.97 Å². The molecule has 0 bridgehead atoms. The Morgan fingerprint density at radius 2 is 2.00 bits per heavy atom. The van der Waals surface area contributed by atoms with Gasteiger partial charge in [-0.15, -0.1) is 0 Å². The molecule has 2 heterocycles. The van der Waals surface area contributed by atoms with Crippen LogP contribution in [0.4, 0.5) is 5.82 Å². The molecule has 1 aromatic heterocycles. The smallest absolute Gasteiger partial charge is 0.171 e. The number of aromatic nitrogens is 2. The van der Waals surface area contributed by atoms with Crippen LogP contribution in [0.3, 0.4) is 0 Å². The van der Waals surface area contributed by atoms with E-state index in [0.717, 1.165) is 11.4 Å². The molecule has 19 heavy (non-hydrogen) atoms. The third-order valence-electron chi connectivity index (χ3n) is 3.23. The number of aliphatic hydroxyl groups is 1. The summed E-state index contributed by atoms with van der Waals surface area (Å²) in [4.78, 5) is 10.9. The highest BCUT2D eigenvalue weighted by atomic mass is 35.5. The predicted octanol–water partition coefficient (Wildman–Crippen LogP) is 1.72. The van der Waals surface area contributed by atoms with E-state index in [0.29, 0.717) is 24.1 Å². The van der Waals surface area contributed by atoms with Gasteiger partial charge in [-0.1, -0.05) is 11.6 Å². The summed E-state index contributed by atoms with van der Waals surface area (Å²) in [6, 6.07) is 0. The molecule has 1 saturated heterocycles. The van der Waals surface area contributed by atoms with Crippen molar-refractivity contribution in [3.63, 3.8) is 0 Å². The molecule has 1 atom stereocenters. The molecule has 2 rings (SSSR count). The molecule has 5 nitrogen and oxygen atoms in total. The number of ether oxygens (including phenoxy) is 1. The van der Waals surface area contributed by atoms with E-state index in [9.17, 15) is 5.11 Å². The molecule has 1 aromatic rings. The minimum Gasteiger partial charge on any atom is -0.394 e. The quantitative estimate of drug-likeness (QED) is 0.897. The number of morpholine rings is 1. The van der Waals surface area contributed by atoms with Crippen molar-refractivity contribution in [3.05, 3.63) is 16.5 Å². The van der Waals surface area contributed by atoms with Crippen molar-refractivity contribution < 1.29 is 9.84 Å². The molecule has 6 heteroatoms. The Hall–Kier alpha value is -0.910. The molecule has 0 spiro atoms. The van der Waals surface area contributed by atoms with Crippen LogP contribution >= 0.6 is 11.6 Å². The van der Waals surface area contributed by atoms with Crippen LogP contribution in [0.2, 0.25) is 5.15 Å². The summed E-state index contributed by atoms with van der Waals surface area (Å²) in [6.07, 6.45) is -0.233. The summed E-state index contributed by atoms with van der Waals surface area (Å²) in [6.45, 7) is 9.00. The summed E-state index contributed by atoms with van der Waals surface area (Å²) in [5.41, 5.74) is 1.35. The maximum Gasteiger partial charge on any atom is 0.171 e. The minimum atomic E-state index is -0.352. The van der Waals surface area contributed by atoms with Crippen molar-refractivity contribution in [2.75, 3.05) is 24.6 Å². The van der Waals surface area contributed by atoms with Crippen LogP contribution in [-0.2, 0) is 4.74 Å². The molecule has 1 aliphatic heterocycles. The number of aliphatic hydroxyl groups excluding tert-OH is 1.